The van der Waals surface area contributed by atoms with Crippen molar-refractivity contribution in [2.24, 2.45) is 0 Å². The van der Waals surface area contributed by atoms with Crippen LogP contribution in [0.15, 0.2) is 59.2 Å². The minimum atomic E-state index is -0.533. The molecule has 34 heavy (non-hydrogen) atoms. The Morgan fingerprint density at radius 1 is 1.12 bits per heavy atom. The number of aromatic nitrogens is 3. The monoisotopic (exact) mass is 476 g/mol. The molecule has 0 radical (unpaired) electrons. The van der Waals surface area contributed by atoms with Gasteiger partial charge < -0.3 is 15.4 Å². The third kappa shape index (κ3) is 4.09. The van der Waals surface area contributed by atoms with E-state index in [2.05, 4.69) is 30.6 Å². The van der Waals surface area contributed by atoms with E-state index in [4.69, 9.17) is 4.74 Å². The number of benzene rings is 3. The highest BCUT2D eigenvalue weighted by atomic mass is 32.1. The Kier molecular flexibility index (Phi) is 5.47. The molecule has 0 atom stereocenters. The second-order valence-corrected chi connectivity index (χ2v) is 8.24. The first-order valence-corrected chi connectivity index (χ1v) is 10.8. The van der Waals surface area contributed by atoms with Crippen molar-refractivity contribution in [1.82, 2.24) is 15.3 Å². The molecule has 0 aliphatic heterocycles. The van der Waals surface area contributed by atoms with Crippen LogP contribution in [0.4, 0.5) is 17.1 Å². The number of fused-ring (bicyclic) bond motifs is 2. The minimum Gasteiger partial charge on any atom is -0.497 e. The summed E-state index contributed by atoms with van der Waals surface area (Å²) in [6, 6.07) is 15.7. The van der Waals surface area contributed by atoms with E-state index in [0.29, 0.717) is 28.7 Å². The normalized spacial score (nSPS) is 11.0. The average Bonchev–Trinajstić information content (AvgIpc) is 3.50. The number of nitro groups is 1. The highest BCUT2D eigenvalue weighted by Crippen LogP contribution is 2.29. The summed E-state index contributed by atoms with van der Waals surface area (Å²) in [4.78, 5) is 27.6. The van der Waals surface area contributed by atoms with Gasteiger partial charge in [-0.3, -0.25) is 14.9 Å². The molecule has 0 fully saturated rings. The number of carbonyl (C=O) groups is 1. The van der Waals surface area contributed by atoms with Gasteiger partial charge in [0.25, 0.3) is 5.91 Å². The van der Waals surface area contributed by atoms with Gasteiger partial charge in [0.2, 0.25) is 5.52 Å². The van der Waals surface area contributed by atoms with Crippen molar-refractivity contribution in [3.63, 3.8) is 0 Å². The molecule has 2 aromatic heterocycles. The number of carbonyl (C=O) groups excluding carboxylic acids is 1. The number of hydrogen-bond acceptors (Lipinski definition) is 10. The Labute approximate surface area is 195 Å². The number of ether oxygens (including phenoxy) is 1. The van der Waals surface area contributed by atoms with Crippen LogP contribution in [-0.2, 0) is 6.54 Å². The molecule has 5 rings (SSSR count). The van der Waals surface area contributed by atoms with Gasteiger partial charge in [-0.05, 0) is 52.3 Å². The number of nitrogens with one attached hydrogen (secondary N) is 2. The summed E-state index contributed by atoms with van der Waals surface area (Å²) < 4.78 is 10.8. The molecule has 0 saturated carbocycles. The Hall–Kier alpha value is -4.58. The van der Waals surface area contributed by atoms with Crippen molar-refractivity contribution >= 4 is 55.6 Å². The zero-order chi connectivity index (χ0) is 23.7. The predicted molar refractivity (Wildman–Crippen MR) is 126 cm³/mol. The number of methoxy groups -OCH3 is 1. The summed E-state index contributed by atoms with van der Waals surface area (Å²) >= 11 is 1.29. The van der Waals surface area contributed by atoms with Gasteiger partial charge in [0.1, 0.15) is 5.75 Å². The van der Waals surface area contributed by atoms with Crippen molar-refractivity contribution in [2.75, 3.05) is 17.7 Å². The largest absolute Gasteiger partial charge is 0.497 e. The van der Waals surface area contributed by atoms with Gasteiger partial charge in [-0.1, -0.05) is 12.1 Å². The highest BCUT2D eigenvalue weighted by molar-refractivity contribution is 7.20. The third-order valence-corrected chi connectivity index (χ3v) is 6.09. The lowest BCUT2D eigenvalue weighted by Gasteiger charge is -2.08. The average molecular weight is 476 g/mol. The smallest absolute Gasteiger partial charge is 0.300 e. The van der Waals surface area contributed by atoms with E-state index in [-0.39, 0.29) is 22.6 Å². The molecular weight excluding hydrogens is 460 g/mol. The van der Waals surface area contributed by atoms with Crippen LogP contribution >= 0.6 is 11.3 Å². The van der Waals surface area contributed by atoms with Gasteiger partial charge in [0.15, 0.2) is 10.5 Å². The van der Waals surface area contributed by atoms with Crippen LogP contribution in [0.3, 0.4) is 0 Å². The fourth-order valence-electron chi connectivity index (χ4n) is 3.36. The summed E-state index contributed by atoms with van der Waals surface area (Å²) in [5.74, 6) is 0.416. The van der Waals surface area contributed by atoms with Crippen LogP contribution in [0.2, 0.25) is 0 Å². The summed E-state index contributed by atoms with van der Waals surface area (Å²) in [5.41, 5.74) is 3.05. The Bertz CT molecular complexity index is 1530. The van der Waals surface area contributed by atoms with Crippen LogP contribution in [0, 0.1) is 10.1 Å². The van der Waals surface area contributed by atoms with Gasteiger partial charge in [-0.15, -0.1) is 11.3 Å². The summed E-state index contributed by atoms with van der Waals surface area (Å²) in [6.45, 7) is 0.424. The lowest BCUT2D eigenvalue weighted by molar-refractivity contribution is -0.383. The minimum absolute atomic E-state index is 0.0846. The molecule has 0 bridgehead atoms. The summed E-state index contributed by atoms with van der Waals surface area (Å²) in [7, 11) is 1.59. The van der Waals surface area contributed by atoms with E-state index >= 15 is 0 Å². The molecule has 1 amide bonds. The van der Waals surface area contributed by atoms with Crippen molar-refractivity contribution < 1.29 is 19.1 Å². The molecule has 0 saturated heterocycles. The SMILES string of the molecule is COc1ccc2nc(C(=O)Nc3ccc(CNc4ccc([N+](=O)[O-])c5nonc45)cc3)sc2c1. The van der Waals surface area contributed by atoms with Crippen LogP contribution in [0.1, 0.15) is 15.4 Å². The van der Waals surface area contributed by atoms with E-state index in [1.807, 2.05) is 24.3 Å². The van der Waals surface area contributed by atoms with Crippen LogP contribution < -0.4 is 15.4 Å². The first kappa shape index (κ1) is 21.3. The zero-order valence-electron chi connectivity index (χ0n) is 17.6. The van der Waals surface area contributed by atoms with Gasteiger partial charge in [-0.25, -0.2) is 9.61 Å². The van der Waals surface area contributed by atoms with Crippen LogP contribution in [-0.4, -0.2) is 33.2 Å². The number of hydrogen-bond donors (Lipinski definition) is 2. The molecule has 0 spiro atoms. The van der Waals surface area contributed by atoms with E-state index < -0.39 is 4.92 Å². The van der Waals surface area contributed by atoms with Gasteiger partial charge >= 0.3 is 5.69 Å². The third-order valence-electron chi connectivity index (χ3n) is 5.08. The van der Waals surface area contributed by atoms with E-state index in [0.717, 1.165) is 15.8 Å². The standard InChI is InChI=1S/C22H16N6O5S/c1-32-14-6-7-15-18(10-14)34-22(25-15)21(29)24-13-4-2-12(3-5-13)11-23-16-8-9-17(28(30)31)20-19(16)26-33-27-20/h2-10,23H,11H2,1H3,(H,24,29). The maximum absolute atomic E-state index is 12.6. The van der Waals surface area contributed by atoms with Crippen molar-refractivity contribution in [3.05, 3.63) is 75.3 Å². The van der Waals surface area contributed by atoms with Crippen molar-refractivity contribution in [1.29, 1.82) is 0 Å². The Morgan fingerprint density at radius 3 is 2.68 bits per heavy atom. The lowest BCUT2D eigenvalue weighted by Crippen LogP contribution is -2.11. The highest BCUT2D eigenvalue weighted by Gasteiger charge is 2.19. The van der Waals surface area contributed by atoms with Gasteiger partial charge in [0, 0.05) is 18.3 Å². The number of thiazole rings is 1. The molecule has 0 aliphatic carbocycles. The first-order valence-electron chi connectivity index (χ1n) is 10.0. The van der Waals surface area contributed by atoms with Crippen molar-refractivity contribution in [2.45, 2.75) is 6.54 Å². The molecule has 0 aliphatic rings. The second kappa shape index (κ2) is 8.75. The molecule has 11 nitrogen and oxygen atoms in total. The number of anilines is 2. The molecule has 2 heterocycles. The molecular formula is C22H16N6O5S. The second-order valence-electron chi connectivity index (χ2n) is 7.21. The number of nitro benzene ring substituents is 1. The lowest BCUT2D eigenvalue weighted by atomic mass is 10.2. The maximum Gasteiger partial charge on any atom is 0.300 e. The first-order chi connectivity index (χ1) is 16.5. The topological polar surface area (TPSA) is 145 Å². The van der Waals surface area contributed by atoms with Crippen molar-refractivity contribution in [3.8, 4) is 5.75 Å². The zero-order valence-corrected chi connectivity index (χ0v) is 18.5. The van der Waals surface area contributed by atoms with Gasteiger partial charge in [0.05, 0.1) is 27.9 Å². The maximum atomic E-state index is 12.6. The number of amides is 1. The Balaban J connectivity index is 1.25. The summed E-state index contributed by atoms with van der Waals surface area (Å²) in [6.07, 6.45) is 0. The van der Waals surface area contributed by atoms with Gasteiger partial charge in [-0.2, -0.15) is 0 Å². The molecule has 170 valence electrons. The van der Waals surface area contributed by atoms with E-state index in [1.165, 1.54) is 17.4 Å². The number of nitrogens with zero attached hydrogens (tertiary/aromatic N) is 4. The van der Waals surface area contributed by atoms with Crippen LogP contribution in [0.25, 0.3) is 21.3 Å². The van der Waals surface area contributed by atoms with E-state index in [9.17, 15) is 14.9 Å². The molecule has 12 heteroatoms. The quantitative estimate of drug-likeness (QED) is 0.254. The molecule has 0 unspecified atom stereocenters. The fourth-order valence-corrected chi connectivity index (χ4v) is 4.25. The predicted octanol–water partition coefficient (Wildman–Crippen LogP) is 4.61. The van der Waals surface area contributed by atoms with E-state index in [1.54, 1.807) is 31.4 Å². The van der Waals surface area contributed by atoms with Crippen LogP contribution in [0.5, 0.6) is 5.75 Å². The molecule has 3 aromatic carbocycles. The molecule has 5 aromatic rings. The fraction of sp³-hybridized carbons (Fsp3) is 0.0909. The number of non-ortho nitro benzene ring substituents is 1. The number of rotatable bonds is 7. The Morgan fingerprint density at radius 2 is 1.91 bits per heavy atom. The molecule has 2 N–H and O–H groups in total. The summed E-state index contributed by atoms with van der Waals surface area (Å²) in [5, 5.41) is 24.9.